The highest BCUT2D eigenvalue weighted by Gasteiger charge is 2.12. The average Bonchev–Trinajstić information content (AvgIpc) is 2.77. The molecule has 0 bridgehead atoms. The van der Waals surface area contributed by atoms with Crippen LogP contribution in [0.3, 0.4) is 0 Å². The van der Waals surface area contributed by atoms with Crippen molar-refractivity contribution in [3.63, 3.8) is 0 Å². The molecule has 0 saturated carbocycles. The van der Waals surface area contributed by atoms with Gasteiger partial charge in [-0.15, -0.1) is 11.8 Å². The second-order valence-corrected chi connectivity index (χ2v) is 7.45. The molecule has 1 amide bonds. The van der Waals surface area contributed by atoms with E-state index in [1.54, 1.807) is 24.3 Å². The minimum absolute atomic E-state index is 0.135. The summed E-state index contributed by atoms with van der Waals surface area (Å²) in [6, 6.07) is 12.4. The number of nitrogens with zero attached hydrogens (tertiary/aromatic N) is 1. The summed E-state index contributed by atoms with van der Waals surface area (Å²) in [4.78, 5) is 31.6. The first kappa shape index (κ1) is 21.7. The molecule has 1 atom stereocenters. The van der Waals surface area contributed by atoms with Gasteiger partial charge in [-0.1, -0.05) is 30.3 Å². The standard InChI is InChI=1S/C21H23N3O5S/c1-28-17-8-14-15(9-18(17)29-2)23-19(24-21(14)27)11-30-12-20(26)22-10-16(25)13-6-4-3-5-7-13/h3-9,16,25H,10-12H2,1-2H3,(H,22,26)(H,23,24,27)/t16-/m0/s1. The Morgan fingerprint density at radius 2 is 1.90 bits per heavy atom. The third kappa shape index (κ3) is 5.31. The fourth-order valence-corrected chi connectivity index (χ4v) is 3.60. The number of methoxy groups -OCH3 is 2. The van der Waals surface area contributed by atoms with E-state index in [0.29, 0.717) is 34.0 Å². The topological polar surface area (TPSA) is 114 Å². The summed E-state index contributed by atoms with van der Waals surface area (Å²) in [5, 5.41) is 13.2. The van der Waals surface area contributed by atoms with Crippen molar-refractivity contribution in [2.45, 2.75) is 11.9 Å². The number of aliphatic hydroxyl groups is 1. The number of aliphatic hydroxyl groups excluding tert-OH is 1. The van der Waals surface area contributed by atoms with Gasteiger partial charge in [-0.2, -0.15) is 0 Å². The van der Waals surface area contributed by atoms with Gasteiger partial charge in [-0.3, -0.25) is 9.59 Å². The molecule has 3 rings (SSSR count). The molecule has 0 unspecified atom stereocenters. The van der Waals surface area contributed by atoms with E-state index >= 15 is 0 Å². The van der Waals surface area contributed by atoms with E-state index in [1.807, 2.05) is 18.2 Å². The van der Waals surface area contributed by atoms with Crippen LogP contribution in [0.1, 0.15) is 17.5 Å². The van der Waals surface area contributed by atoms with Gasteiger partial charge in [-0.25, -0.2) is 4.98 Å². The van der Waals surface area contributed by atoms with Crippen molar-refractivity contribution in [1.29, 1.82) is 0 Å². The van der Waals surface area contributed by atoms with Gasteiger partial charge in [0.15, 0.2) is 11.5 Å². The first-order chi connectivity index (χ1) is 14.5. The monoisotopic (exact) mass is 429 g/mol. The zero-order valence-electron chi connectivity index (χ0n) is 16.7. The van der Waals surface area contributed by atoms with Crippen molar-refractivity contribution in [3.8, 4) is 11.5 Å². The largest absolute Gasteiger partial charge is 0.493 e. The van der Waals surface area contributed by atoms with Crippen LogP contribution >= 0.6 is 11.8 Å². The lowest BCUT2D eigenvalue weighted by molar-refractivity contribution is -0.119. The van der Waals surface area contributed by atoms with Crippen LogP contribution in [0.4, 0.5) is 0 Å². The van der Waals surface area contributed by atoms with E-state index < -0.39 is 6.10 Å². The highest BCUT2D eigenvalue weighted by atomic mass is 32.2. The molecule has 3 aromatic rings. The summed E-state index contributed by atoms with van der Waals surface area (Å²) in [5.41, 5.74) is 0.949. The number of hydrogen-bond donors (Lipinski definition) is 3. The number of carbonyl (C=O) groups is 1. The van der Waals surface area contributed by atoms with Crippen molar-refractivity contribution < 1.29 is 19.4 Å². The third-order valence-electron chi connectivity index (χ3n) is 4.41. The number of rotatable bonds is 9. The van der Waals surface area contributed by atoms with Gasteiger partial charge in [0, 0.05) is 12.6 Å². The average molecular weight is 429 g/mol. The minimum Gasteiger partial charge on any atom is -0.493 e. The van der Waals surface area contributed by atoms with Crippen LogP contribution in [0.15, 0.2) is 47.3 Å². The Labute approximate surface area is 177 Å². The van der Waals surface area contributed by atoms with Crippen molar-refractivity contribution in [3.05, 3.63) is 64.2 Å². The van der Waals surface area contributed by atoms with E-state index in [4.69, 9.17) is 9.47 Å². The van der Waals surface area contributed by atoms with E-state index in [0.717, 1.165) is 5.56 Å². The Morgan fingerprint density at radius 3 is 2.60 bits per heavy atom. The zero-order chi connectivity index (χ0) is 21.5. The molecule has 0 spiro atoms. The number of amides is 1. The van der Waals surface area contributed by atoms with Crippen LogP contribution in [0.2, 0.25) is 0 Å². The Balaban J connectivity index is 1.56. The first-order valence-electron chi connectivity index (χ1n) is 9.24. The second kappa shape index (κ2) is 10.1. The molecular formula is C21H23N3O5S. The van der Waals surface area contributed by atoms with E-state index in [9.17, 15) is 14.7 Å². The van der Waals surface area contributed by atoms with E-state index in [-0.39, 0.29) is 23.8 Å². The maximum Gasteiger partial charge on any atom is 0.258 e. The van der Waals surface area contributed by atoms with Crippen LogP contribution in [0.5, 0.6) is 11.5 Å². The van der Waals surface area contributed by atoms with Gasteiger partial charge in [-0.05, 0) is 11.6 Å². The number of aromatic amines is 1. The number of nitrogens with one attached hydrogen (secondary N) is 2. The molecule has 2 aromatic carbocycles. The fourth-order valence-electron chi connectivity index (χ4n) is 2.88. The molecule has 8 nitrogen and oxygen atoms in total. The van der Waals surface area contributed by atoms with Gasteiger partial charge in [0.1, 0.15) is 5.82 Å². The summed E-state index contributed by atoms with van der Waals surface area (Å²) < 4.78 is 10.5. The number of carbonyl (C=O) groups excluding carboxylic acids is 1. The normalized spacial score (nSPS) is 11.8. The SMILES string of the molecule is COc1cc2nc(CSCC(=O)NC[C@H](O)c3ccccc3)[nH]c(=O)c2cc1OC. The summed E-state index contributed by atoms with van der Waals surface area (Å²) in [5.74, 6) is 1.72. The van der Waals surface area contributed by atoms with Crippen LogP contribution in [-0.4, -0.2) is 47.5 Å². The van der Waals surface area contributed by atoms with E-state index in [1.165, 1.54) is 26.0 Å². The van der Waals surface area contributed by atoms with Crippen LogP contribution in [0, 0.1) is 0 Å². The molecule has 0 aliphatic heterocycles. The van der Waals surface area contributed by atoms with Crippen LogP contribution in [0.25, 0.3) is 10.9 Å². The number of aromatic nitrogens is 2. The van der Waals surface area contributed by atoms with Crippen molar-refractivity contribution in [2.75, 3.05) is 26.5 Å². The lowest BCUT2D eigenvalue weighted by Crippen LogP contribution is -2.29. The number of thioether (sulfide) groups is 1. The Hall–Kier alpha value is -3.04. The quantitative estimate of drug-likeness (QED) is 0.477. The Kier molecular flexibility index (Phi) is 7.31. The van der Waals surface area contributed by atoms with Crippen molar-refractivity contribution in [1.82, 2.24) is 15.3 Å². The molecule has 1 aromatic heterocycles. The molecule has 0 fully saturated rings. The lowest BCUT2D eigenvalue weighted by atomic mass is 10.1. The molecule has 158 valence electrons. The molecule has 9 heteroatoms. The first-order valence-corrected chi connectivity index (χ1v) is 10.4. The van der Waals surface area contributed by atoms with Gasteiger partial charge in [0.05, 0.1) is 42.7 Å². The number of ether oxygens (including phenoxy) is 2. The molecule has 0 aliphatic carbocycles. The predicted octanol–water partition coefficient (Wildman–Crippen LogP) is 2.02. The molecule has 1 heterocycles. The maximum atomic E-state index is 12.4. The zero-order valence-corrected chi connectivity index (χ0v) is 17.5. The number of fused-ring (bicyclic) bond motifs is 1. The Morgan fingerprint density at radius 1 is 1.20 bits per heavy atom. The predicted molar refractivity (Wildman–Crippen MR) is 116 cm³/mol. The Bertz CT molecular complexity index is 1070. The fraction of sp³-hybridized carbons (Fsp3) is 0.286. The molecular weight excluding hydrogens is 406 g/mol. The summed E-state index contributed by atoms with van der Waals surface area (Å²) in [6.45, 7) is 0.135. The van der Waals surface area contributed by atoms with Gasteiger partial charge in [0.2, 0.25) is 5.91 Å². The molecule has 0 saturated heterocycles. The molecule has 3 N–H and O–H groups in total. The minimum atomic E-state index is -0.759. The third-order valence-corrected chi connectivity index (χ3v) is 5.35. The summed E-state index contributed by atoms with van der Waals surface area (Å²) >= 11 is 1.31. The van der Waals surface area contributed by atoms with Crippen molar-refractivity contribution in [2.24, 2.45) is 0 Å². The highest BCUT2D eigenvalue weighted by molar-refractivity contribution is 7.99. The van der Waals surface area contributed by atoms with Crippen molar-refractivity contribution >= 4 is 28.6 Å². The summed E-state index contributed by atoms with van der Waals surface area (Å²) in [6.07, 6.45) is -0.759. The molecule has 0 aliphatic rings. The molecule has 0 radical (unpaired) electrons. The summed E-state index contributed by atoms with van der Waals surface area (Å²) in [7, 11) is 3.02. The van der Waals surface area contributed by atoms with Gasteiger partial charge in [0.25, 0.3) is 5.56 Å². The van der Waals surface area contributed by atoms with Gasteiger partial charge < -0.3 is 24.9 Å². The number of H-pyrrole nitrogens is 1. The molecule has 30 heavy (non-hydrogen) atoms. The lowest BCUT2D eigenvalue weighted by Gasteiger charge is -2.12. The number of benzene rings is 2. The highest BCUT2D eigenvalue weighted by Crippen LogP contribution is 2.30. The second-order valence-electron chi connectivity index (χ2n) is 6.46. The number of hydrogen-bond acceptors (Lipinski definition) is 7. The smallest absolute Gasteiger partial charge is 0.258 e. The van der Waals surface area contributed by atoms with Gasteiger partial charge >= 0.3 is 0 Å². The van der Waals surface area contributed by atoms with Crippen LogP contribution < -0.4 is 20.3 Å². The van der Waals surface area contributed by atoms with Crippen LogP contribution in [-0.2, 0) is 10.5 Å². The maximum absolute atomic E-state index is 12.4. The van der Waals surface area contributed by atoms with E-state index in [2.05, 4.69) is 15.3 Å².